The van der Waals surface area contributed by atoms with E-state index in [1.165, 1.54) is 36.9 Å². The number of benzene rings is 1. The second kappa shape index (κ2) is 7.33. The molecule has 3 rings (SSSR count). The summed E-state index contributed by atoms with van der Waals surface area (Å²) >= 11 is 0. The minimum absolute atomic E-state index is 0.139. The first-order valence-corrected chi connectivity index (χ1v) is 10.7. The smallest absolute Gasteiger partial charge is 0.262 e. The molecule has 2 aromatic heterocycles. The lowest BCUT2D eigenvalue weighted by Crippen LogP contribution is -2.17. The summed E-state index contributed by atoms with van der Waals surface area (Å²) in [6.07, 6.45) is 5.74. The molecule has 0 saturated carbocycles. The molecule has 3 aromatic rings. The van der Waals surface area contributed by atoms with Crippen molar-refractivity contribution in [2.45, 2.75) is 16.7 Å². The Hall–Kier alpha value is -2.98. The highest BCUT2D eigenvalue weighted by atomic mass is 32.2. The van der Waals surface area contributed by atoms with E-state index in [1.807, 2.05) is 0 Å². The molecule has 0 fully saturated rings. The van der Waals surface area contributed by atoms with Gasteiger partial charge in [0.1, 0.15) is 0 Å². The third kappa shape index (κ3) is 4.41. The topological polar surface area (TPSA) is 118 Å². The molecule has 140 valence electrons. The fourth-order valence-corrected chi connectivity index (χ4v) is 4.77. The molecule has 0 spiro atoms. The van der Waals surface area contributed by atoms with Crippen molar-refractivity contribution in [3.8, 4) is 0 Å². The Morgan fingerprint density at radius 1 is 0.778 bits per heavy atom. The molecule has 0 bridgehead atoms. The molecule has 1 aromatic carbocycles. The van der Waals surface area contributed by atoms with Gasteiger partial charge in [-0.2, -0.15) is 0 Å². The molecule has 0 unspecified atom stereocenters. The van der Waals surface area contributed by atoms with Crippen LogP contribution in [-0.2, 0) is 20.0 Å². The fourth-order valence-electron chi connectivity index (χ4n) is 2.31. The number of hydrogen-bond acceptors (Lipinski definition) is 6. The summed E-state index contributed by atoms with van der Waals surface area (Å²) in [4.78, 5) is 7.38. The predicted molar refractivity (Wildman–Crippen MR) is 101 cm³/mol. The largest absolute Gasteiger partial charge is 0.278 e. The summed E-state index contributed by atoms with van der Waals surface area (Å²) in [6, 6.07) is 10.2. The Balaban J connectivity index is 1.96. The van der Waals surface area contributed by atoms with Crippen molar-refractivity contribution < 1.29 is 16.8 Å². The van der Waals surface area contributed by atoms with Crippen LogP contribution in [0.25, 0.3) is 0 Å². The number of nitrogens with one attached hydrogen (secondary N) is 2. The maximum Gasteiger partial charge on any atom is 0.262 e. The monoisotopic (exact) mass is 404 g/mol. The number of sulfonamides is 2. The number of aryl methyl sites for hydroxylation is 1. The third-order valence-corrected chi connectivity index (χ3v) is 6.49. The Kier molecular flexibility index (Phi) is 5.10. The van der Waals surface area contributed by atoms with Gasteiger partial charge in [0.2, 0.25) is 0 Å². The molecule has 2 heterocycles. The van der Waals surface area contributed by atoms with Crippen molar-refractivity contribution in [1.82, 2.24) is 9.97 Å². The number of anilines is 2. The Labute approximate surface area is 157 Å². The van der Waals surface area contributed by atoms with Gasteiger partial charge in [-0.1, -0.05) is 6.07 Å². The first-order chi connectivity index (χ1) is 12.8. The van der Waals surface area contributed by atoms with Crippen molar-refractivity contribution in [2.24, 2.45) is 0 Å². The molecule has 0 saturated heterocycles. The highest BCUT2D eigenvalue weighted by molar-refractivity contribution is 7.93. The van der Waals surface area contributed by atoms with Gasteiger partial charge in [0, 0.05) is 12.4 Å². The van der Waals surface area contributed by atoms with Gasteiger partial charge in [0.05, 0.1) is 33.6 Å². The van der Waals surface area contributed by atoms with Gasteiger partial charge in [0.15, 0.2) is 0 Å². The average Bonchev–Trinajstić information content (AvgIpc) is 2.62. The molecule has 8 nitrogen and oxygen atoms in total. The zero-order valence-electron chi connectivity index (χ0n) is 14.2. The highest BCUT2D eigenvalue weighted by Gasteiger charge is 2.22. The fraction of sp³-hybridized carbons (Fsp3) is 0.0588. The van der Waals surface area contributed by atoms with E-state index >= 15 is 0 Å². The Morgan fingerprint density at radius 2 is 1.33 bits per heavy atom. The second-order valence-corrected chi connectivity index (χ2v) is 8.95. The quantitative estimate of drug-likeness (QED) is 0.651. The van der Waals surface area contributed by atoms with Gasteiger partial charge in [-0.05, 0) is 48.9 Å². The zero-order chi connectivity index (χ0) is 19.5. The Morgan fingerprint density at radius 3 is 1.85 bits per heavy atom. The molecular weight excluding hydrogens is 388 g/mol. The lowest BCUT2D eigenvalue weighted by atomic mass is 10.2. The number of aromatic nitrogens is 2. The van der Waals surface area contributed by atoms with Crippen molar-refractivity contribution in [2.75, 3.05) is 9.44 Å². The van der Waals surface area contributed by atoms with Crippen LogP contribution in [-0.4, -0.2) is 26.8 Å². The summed E-state index contributed by atoms with van der Waals surface area (Å²) < 4.78 is 55.3. The molecule has 0 aliphatic heterocycles. The molecule has 0 atom stereocenters. The van der Waals surface area contributed by atoms with Crippen LogP contribution in [0.5, 0.6) is 0 Å². The SMILES string of the molecule is Cc1ccc(S(=O)(=O)Nc2cccnc2)cc1S(=O)(=O)Nc1cccnc1. The van der Waals surface area contributed by atoms with Crippen molar-refractivity contribution in [3.05, 3.63) is 72.8 Å². The average molecular weight is 404 g/mol. The summed E-state index contributed by atoms with van der Waals surface area (Å²) in [5, 5.41) is 0. The first kappa shape index (κ1) is 18.8. The van der Waals surface area contributed by atoms with E-state index in [0.29, 0.717) is 5.56 Å². The molecule has 2 N–H and O–H groups in total. The summed E-state index contributed by atoms with van der Waals surface area (Å²) in [6.45, 7) is 1.59. The van der Waals surface area contributed by atoms with Crippen LogP contribution in [0.1, 0.15) is 5.56 Å². The molecule has 0 radical (unpaired) electrons. The lowest BCUT2D eigenvalue weighted by Gasteiger charge is -2.13. The number of hydrogen-bond donors (Lipinski definition) is 2. The van der Waals surface area contributed by atoms with Gasteiger partial charge in [-0.3, -0.25) is 19.4 Å². The van der Waals surface area contributed by atoms with E-state index in [9.17, 15) is 16.8 Å². The minimum Gasteiger partial charge on any atom is -0.278 e. The van der Waals surface area contributed by atoms with Crippen LogP contribution in [0.2, 0.25) is 0 Å². The molecular formula is C17H16N4O4S2. The molecule has 0 aliphatic rings. The third-order valence-electron chi connectivity index (χ3n) is 3.59. The predicted octanol–water partition coefficient (Wildman–Crippen LogP) is 2.39. The molecule has 0 amide bonds. The van der Waals surface area contributed by atoms with Crippen LogP contribution >= 0.6 is 0 Å². The maximum absolute atomic E-state index is 12.7. The van der Waals surface area contributed by atoms with Crippen LogP contribution in [0.15, 0.2) is 77.0 Å². The number of pyridine rings is 2. The summed E-state index contributed by atoms with van der Waals surface area (Å²) in [5.41, 5.74) is 0.960. The Bertz CT molecular complexity index is 1150. The maximum atomic E-state index is 12.7. The second-order valence-electron chi connectivity index (χ2n) is 5.62. The van der Waals surface area contributed by atoms with Gasteiger partial charge >= 0.3 is 0 Å². The molecule has 0 aliphatic carbocycles. The first-order valence-electron chi connectivity index (χ1n) is 7.74. The zero-order valence-corrected chi connectivity index (χ0v) is 15.8. The van der Waals surface area contributed by atoms with Crippen molar-refractivity contribution in [1.29, 1.82) is 0 Å². The normalized spacial score (nSPS) is 11.7. The standard InChI is InChI=1S/C17H16N4O4S2/c1-13-6-7-16(26(22,23)20-14-4-2-8-18-11-14)10-17(13)27(24,25)21-15-5-3-9-19-12-15/h2-12,20-21H,1H3. The lowest BCUT2D eigenvalue weighted by molar-refractivity contribution is 0.599. The van der Waals surface area contributed by atoms with Gasteiger partial charge in [-0.15, -0.1) is 0 Å². The number of rotatable bonds is 6. The number of nitrogens with zero attached hydrogens (tertiary/aromatic N) is 2. The van der Waals surface area contributed by atoms with Gasteiger partial charge in [-0.25, -0.2) is 16.8 Å². The van der Waals surface area contributed by atoms with E-state index in [2.05, 4.69) is 19.4 Å². The van der Waals surface area contributed by atoms with Crippen LogP contribution in [0.4, 0.5) is 11.4 Å². The van der Waals surface area contributed by atoms with Crippen molar-refractivity contribution >= 4 is 31.4 Å². The van der Waals surface area contributed by atoms with Crippen molar-refractivity contribution in [3.63, 3.8) is 0 Å². The summed E-state index contributed by atoms with van der Waals surface area (Å²) in [5.74, 6) is 0. The van der Waals surface area contributed by atoms with Gasteiger partial charge < -0.3 is 0 Å². The van der Waals surface area contributed by atoms with Crippen LogP contribution < -0.4 is 9.44 Å². The molecule has 27 heavy (non-hydrogen) atoms. The minimum atomic E-state index is -3.99. The van der Waals surface area contributed by atoms with E-state index in [-0.39, 0.29) is 21.2 Å². The van der Waals surface area contributed by atoms with Crippen LogP contribution in [0.3, 0.4) is 0 Å². The van der Waals surface area contributed by atoms with E-state index in [4.69, 9.17) is 0 Å². The summed E-state index contributed by atoms with van der Waals surface area (Å²) in [7, 11) is -7.97. The van der Waals surface area contributed by atoms with Crippen LogP contribution in [0, 0.1) is 6.92 Å². The van der Waals surface area contributed by atoms with E-state index in [0.717, 1.165) is 6.07 Å². The van der Waals surface area contributed by atoms with Gasteiger partial charge in [0.25, 0.3) is 20.0 Å². The van der Waals surface area contributed by atoms with E-state index < -0.39 is 20.0 Å². The molecule has 10 heteroatoms. The highest BCUT2D eigenvalue weighted by Crippen LogP contribution is 2.24. The van der Waals surface area contributed by atoms with E-state index in [1.54, 1.807) is 31.2 Å².